The highest BCUT2D eigenvalue weighted by Gasteiger charge is 2.15. The van der Waals surface area contributed by atoms with Gasteiger partial charge in [0.1, 0.15) is 0 Å². The van der Waals surface area contributed by atoms with Gasteiger partial charge in [0, 0.05) is 17.3 Å². The van der Waals surface area contributed by atoms with Crippen LogP contribution in [0.2, 0.25) is 0 Å². The summed E-state index contributed by atoms with van der Waals surface area (Å²) in [4.78, 5) is 24.1. The number of oxazole rings is 1. The summed E-state index contributed by atoms with van der Waals surface area (Å²) in [6.45, 7) is 6.14. The average molecular weight is 339 g/mol. The van der Waals surface area contributed by atoms with Crippen molar-refractivity contribution in [3.8, 4) is 0 Å². The molecule has 0 bridgehead atoms. The summed E-state index contributed by atoms with van der Waals surface area (Å²) in [6, 6.07) is 14.6. The number of benzene rings is 2. The van der Waals surface area contributed by atoms with E-state index in [1.165, 1.54) is 0 Å². The van der Waals surface area contributed by atoms with Gasteiger partial charge in [-0.05, 0) is 38.5 Å². The molecule has 0 saturated heterocycles. The molecule has 6 nitrogen and oxygen atoms in total. The number of hydrogen-bond acceptors (Lipinski definition) is 3. The Kier molecular flexibility index (Phi) is 4.35. The van der Waals surface area contributed by atoms with E-state index in [0.717, 1.165) is 5.56 Å². The summed E-state index contributed by atoms with van der Waals surface area (Å²) in [5, 5.41) is 5.57. The third-order valence-corrected chi connectivity index (χ3v) is 3.60. The summed E-state index contributed by atoms with van der Waals surface area (Å²) < 4.78 is 6.90. The number of aromatic nitrogens is 1. The number of rotatable bonds is 3. The second kappa shape index (κ2) is 6.47. The second-order valence-electron chi connectivity index (χ2n) is 6.95. The molecule has 0 saturated carbocycles. The van der Waals surface area contributed by atoms with E-state index in [1.807, 2.05) is 51.1 Å². The number of hydrogen-bond donors (Lipinski definition) is 2. The third kappa shape index (κ3) is 4.09. The van der Waals surface area contributed by atoms with Gasteiger partial charge < -0.3 is 15.1 Å². The molecule has 3 aromatic rings. The monoisotopic (exact) mass is 339 g/mol. The SMILES string of the molecule is CC(C)(C)NC(=O)Nc1ccc2c(c1)oc(=O)n2Cc1ccccc1. The Hall–Kier alpha value is -3.02. The molecule has 0 aliphatic rings. The fourth-order valence-electron chi connectivity index (χ4n) is 2.56. The van der Waals surface area contributed by atoms with Crippen LogP contribution in [0, 0.1) is 0 Å². The van der Waals surface area contributed by atoms with Crippen molar-refractivity contribution in [2.75, 3.05) is 5.32 Å². The fourth-order valence-corrected chi connectivity index (χ4v) is 2.56. The largest absolute Gasteiger partial charge is 0.420 e. The highest BCUT2D eigenvalue weighted by Crippen LogP contribution is 2.19. The van der Waals surface area contributed by atoms with Crippen LogP contribution >= 0.6 is 0 Å². The van der Waals surface area contributed by atoms with Crippen molar-refractivity contribution in [1.82, 2.24) is 9.88 Å². The van der Waals surface area contributed by atoms with Gasteiger partial charge in [-0.1, -0.05) is 30.3 Å². The van der Waals surface area contributed by atoms with Crippen molar-refractivity contribution >= 4 is 22.8 Å². The lowest BCUT2D eigenvalue weighted by Crippen LogP contribution is -2.43. The van der Waals surface area contributed by atoms with Gasteiger partial charge in [0.05, 0.1) is 12.1 Å². The molecule has 6 heteroatoms. The molecular weight excluding hydrogens is 318 g/mol. The zero-order valence-electron chi connectivity index (χ0n) is 14.5. The maximum Gasteiger partial charge on any atom is 0.420 e. The Morgan fingerprint density at radius 3 is 2.52 bits per heavy atom. The van der Waals surface area contributed by atoms with Gasteiger partial charge in [-0.2, -0.15) is 0 Å². The van der Waals surface area contributed by atoms with Crippen molar-refractivity contribution in [1.29, 1.82) is 0 Å². The topological polar surface area (TPSA) is 76.3 Å². The van der Waals surface area contributed by atoms with Gasteiger partial charge in [0.2, 0.25) is 0 Å². The molecule has 3 rings (SSSR count). The maximum absolute atomic E-state index is 12.2. The number of anilines is 1. The Morgan fingerprint density at radius 2 is 1.84 bits per heavy atom. The Morgan fingerprint density at radius 1 is 1.12 bits per heavy atom. The molecule has 25 heavy (non-hydrogen) atoms. The van der Waals surface area contributed by atoms with Crippen LogP contribution in [-0.4, -0.2) is 16.1 Å². The molecule has 0 radical (unpaired) electrons. The van der Waals surface area contributed by atoms with E-state index in [4.69, 9.17) is 4.42 Å². The van der Waals surface area contributed by atoms with Crippen LogP contribution in [0.15, 0.2) is 57.7 Å². The predicted molar refractivity (Wildman–Crippen MR) is 97.9 cm³/mol. The lowest BCUT2D eigenvalue weighted by Gasteiger charge is -2.20. The summed E-state index contributed by atoms with van der Waals surface area (Å²) in [7, 11) is 0. The normalized spacial score (nSPS) is 11.5. The zero-order chi connectivity index (χ0) is 18.0. The van der Waals surface area contributed by atoms with Gasteiger partial charge in [0.15, 0.2) is 5.58 Å². The number of carbonyl (C=O) groups is 1. The second-order valence-corrected chi connectivity index (χ2v) is 6.95. The zero-order valence-corrected chi connectivity index (χ0v) is 14.5. The number of nitrogens with one attached hydrogen (secondary N) is 2. The van der Waals surface area contributed by atoms with Gasteiger partial charge in [-0.3, -0.25) is 4.57 Å². The Balaban J connectivity index is 1.85. The first-order valence-electron chi connectivity index (χ1n) is 8.08. The molecule has 0 fully saturated rings. The van der Waals surface area contributed by atoms with Gasteiger partial charge in [-0.15, -0.1) is 0 Å². The van der Waals surface area contributed by atoms with Gasteiger partial charge in [-0.25, -0.2) is 9.59 Å². The fraction of sp³-hybridized carbons (Fsp3) is 0.263. The van der Waals surface area contributed by atoms with E-state index in [-0.39, 0.29) is 11.6 Å². The molecule has 2 N–H and O–H groups in total. The number of nitrogens with zero attached hydrogens (tertiary/aromatic N) is 1. The quantitative estimate of drug-likeness (QED) is 0.766. The molecule has 0 aliphatic carbocycles. The van der Waals surface area contributed by atoms with Crippen LogP contribution < -0.4 is 16.4 Å². The van der Waals surface area contributed by atoms with Crippen LogP contribution in [-0.2, 0) is 6.54 Å². The molecule has 0 atom stereocenters. The standard InChI is InChI=1S/C19H21N3O3/c1-19(2,3)21-17(23)20-14-9-10-15-16(11-14)25-18(24)22(15)12-13-7-5-4-6-8-13/h4-11H,12H2,1-3H3,(H2,20,21,23). The van der Waals surface area contributed by atoms with Gasteiger partial charge in [0.25, 0.3) is 0 Å². The third-order valence-electron chi connectivity index (χ3n) is 3.60. The lowest BCUT2D eigenvalue weighted by molar-refractivity contribution is 0.244. The van der Waals surface area contributed by atoms with E-state index in [9.17, 15) is 9.59 Å². The average Bonchev–Trinajstić information content (AvgIpc) is 2.81. The van der Waals surface area contributed by atoms with Crippen molar-refractivity contribution in [2.45, 2.75) is 32.9 Å². The first-order valence-corrected chi connectivity index (χ1v) is 8.08. The summed E-state index contributed by atoms with van der Waals surface area (Å²) >= 11 is 0. The first-order chi connectivity index (χ1) is 11.8. The Labute approximate surface area is 145 Å². The summed E-state index contributed by atoms with van der Waals surface area (Å²) in [5.41, 5.74) is 2.37. The van der Waals surface area contributed by atoms with Crippen LogP contribution in [0.25, 0.3) is 11.1 Å². The van der Waals surface area contributed by atoms with Crippen molar-refractivity contribution < 1.29 is 9.21 Å². The molecule has 1 aromatic heterocycles. The minimum absolute atomic E-state index is 0.307. The molecule has 2 amide bonds. The molecule has 0 spiro atoms. The summed E-state index contributed by atoms with van der Waals surface area (Å²) in [5.74, 6) is -0.421. The first kappa shape index (κ1) is 16.8. The number of urea groups is 1. The molecule has 2 aromatic carbocycles. The van der Waals surface area contributed by atoms with Crippen LogP contribution in [0.1, 0.15) is 26.3 Å². The van der Waals surface area contributed by atoms with E-state index in [2.05, 4.69) is 10.6 Å². The molecule has 1 heterocycles. The summed E-state index contributed by atoms with van der Waals surface area (Å²) in [6.07, 6.45) is 0. The van der Waals surface area contributed by atoms with Gasteiger partial charge >= 0.3 is 11.8 Å². The van der Waals surface area contributed by atoms with E-state index < -0.39 is 5.76 Å². The number of amides is 2. The van der Waals surface area contributed by atoms with Crippen LogP contribution in [0.3, 0.4) is 0 Å². The highest BCUT2D eigenvalue weighted by molar-refractivity contribution is 5.91. The van der Waals surface area contributed by atoms with Crippen molar-refractivity contribution in [3.05, 3.63) is 64.6 Å². The van der Waals surface area contributed by atoms with Crippen molar-refractivity contribution in [3.63, 3.8) is 0 Å². The molecule has 0 aliphatic heterocycles. The highest BCUT2D eigenvalue weighted by atomic mass is 16.4. The lowest BCUT2D eigenvalue weighted by atomic mass is 10.1. The molecule has 130 valence electrons. The van der Waals surface area contributed by atoms with E-state index in [0.29, 0.717) is 23.3 Å². The number of carbonyl (C=O) groups excluding carboxylic acids is 1. The molecule has 0 unspecified atom stereocenters. The minimum atomic E-state index is -0.421. The Bertz CT molecular complexity index is 949. The molecular formula is C19H21N3O3. The van der Waals surface area contributed by atoms with E-state index in [1.54, 1.807) is 22.8 Å². The van der Waals surface area contributed by atoms with Crippen LogP contribution in [0.5, 0.6) is 0 Å². The van der Waals surface area contributed by atoms with E-state index >= 15 is 0 Å². The van der Waals surface area contributed by atoms with Crippen molar-refractivity contribution in [2.24, 2.45) is 0 Å². The minimum Gasteiger partial charge on any atom is -0.408 e. The van der Waals surface area contributed by atoms with Crippen LogP contribution in [0.4, 0.5) is 10.5 Å². The smallest absolute Gasteiger partial charge is 0.408 e. The number of fused-ring (bicyclic) bond motifs is 1. The predicted octanol–water partition coefficient (Wildman–Crippen LogP) is 3.56. The maximum atomic E-state index is 12.2.